The topological polar surface area (TPSA) is 161 Å². The van der Waals surface area contributed by atoms with Crippen LogP contribution < -0.4 is 5.32 Å². The lowest BCUT2D eigenvalue weighted by molar-refractivity contribution is -0.148. The van der Waals surface area contributed by atoms with Gasteiger partial charge in [-0.25, -0.2) is 4.79 Å². The fourth-order valence-electron chi connectivity index (χ4n) is 4.38. The van der Waals surface area contributed by atoms with Gasteiger partial charge in [0.15, 0.2) is 0 Å². The second-order valence-corrected chi connectivity index (χ2v) is 12.3. The Balaban J connectivity index is 5.60. The Bertz CT molecular complexity index is 798. The smallest absolute Gasteiger partial charge is 0.326 e. The molecule has 1 atom stereocenters. The molecule has 35 heavy (non-hydrogen) atoms. The molecule has 10 heteroatoms. The zero-order valence-corrected chi connectivity index (χ0v) is 22.7. The molecule has 0 aromatic heterocycles. The van der Waals surface area contributed by atoms with Crippen LogP contribution in [0, 0.1) is 21.7 Å². The maximum absolute atomic E-state index is 13.1. The van der Waals surface area contributed by atoms with E-state index in [4.69, 9.17) is 10.2 Å². The fourth-order valence-corrected chi connectivity index (χ4v) is 4.38. The van der Waals surface area contributed by atoms with Crippen LogP contribution in [0.15, 0.2) is 0 Å². The number of carbonyl (C=O) groups excluding carboxylic acids is 2. The molecule has 0 bridgehead atoms. The molecule has 0 aromatic rings. The third kappa shape index (κ3) is 11.2. The molecule has 4 N–H and O–H groups in total. The van der Waals surface area contributed by atoms with Crippen molar-refractivity contribution in [3.63, 3.8) is 0 Å². The summed E-state index contributed by atoms with van der Waals surface area (Å²) in [4.78, 5) is 60.7. The lowest BCUT2D eigenvalue weighted by Crippen LogP contribution is -2.55. The Kier molecular flexibility index (Phi) is 11.1. The minimum atomic E-state index is -1.23. The summed E-state index contributed by atoms with van der Waals surface area (Å²) < 4.78 is 0. The first-order chi connectivity index (χ1) is 15.5. The normalized spacial score (nSPS) is 13.9. The van der Waals surface area contributed by atoms with Gasteiger partial charge in [-0.2, -0.15) is 0 Å². The average Bonchev–Trinajstić information content (AvgIpc) is 2.61. The van der Waals surface area contributed by atoms with Crippen LogP contribution >= 0.6 is 0 Å². The Hall–Kier alpha value is -2.49. The van der Waals surface area contributed by atoms with E-state index >= 15 is 0 Å². The van der Waals surface area contributed by atoms with Gasteiger partial charge in [0.1, 0.15) is 11.8 Å². The van der Waals surface area contributed by atoms with Crippen LogP contribution in [0.25, 0.3) is 0 Å². The molecule has 0 spiro atoms. The third-order valence-electron chi connectivity index (χ3n) is 6.55. The Labute approximate surface area is 208 Å². The number of rotatable bonds is 16. The highest BCUT2D eigenvalue weighted by molar-refractivity contribution is 5.87. The molecule has 0 fully saturated rings. The average molecular weight is 501 g/mol. The minimum Gasteiger partial charge on any atom is -0.480 e. The number of ketones is 1. The van der Waals surface area contributed by atoms with Crippen LogP contribution in [0.3, 0.4) is 0 Å². The van der Waals surface area contributed by atoms with Crippen molar-refractivity contribution in [1.29, 1.82) is 0 Å². The van der Waals surface area contributed by atoms with Crippen molar-refractivity contribution in [3.05, 3.63) is 0 Å². The summed E-state index contributed by atoms with van der Waals surface area (Å²) in [5.41, 5.74) is -3.11. The molecule has 0 saturated heterocycles. The summed E-state index contributed by atoms with van der Waals surface area (Å²) in [7, 11) is 0. The highest BCUT2D eigenvalue weighted by Gasteiger charge is 2.43. The molecule has 0 heterocycles. The maximum atomic E-state index is 13.1. The Morgan fingerprint density at radius 2 is 1.20 bits per heavy atom. The summed E-state index contributed by atoms with van der Waals surface area (Å²) in [5, 5.41) is 30.8. The number of carboxylic acid groups (broad SMARTS) is 3. The van der Waals surface area contributed by atoms with Crippen LogP contribution in [0.5, 0.6) is 0 Å². The molecular formula is C25H44N2O8. The molecule has 0 rings (SSSR count). The van der Waals surface area contributed by atoms with E-state index < -0.39 is 64.6 Å². The van der Waals surface area contributed by atoms with Gasteiger partial charge in [0.25, 0.3) is 0 Å². The predicted octanol–water partition coefficient (Wildman–Crippen LogP) is 2.89. The maximum Gasteiger partial charge on any atom is 0.326 e. The summed E-state index contributed by atoms with van der Waals surface area (Å²) in [6.07, 6.45) is 1.13. The van der Waals surface area contributed by atoms with Gasteiger partial charge in [0.2, 0.25) is 5.91 Å². The van der Waals surface area contributed by atoms with Crippen molar-refractivity contribution in [2.24, 2.45) is 21.7 Å². The quantitative estimate of drug-likeness (QED) is 0.250. The molecule has 0 saturated carbocycles. The predicted molar refractivity (Wildman–Crippen MR) is 131 cm³/mol. The van der Waals surface area contributed by atoms with E-state index in [1.54, 1.807) is 41.5 Å². The lowest BCUT2D eigenvalue weighted by atomic mass is 9.70. The van der Waals surface area contributed by atoms with Gasteiger partial charge < -0.3 is 20.6 Å². The number of amides is 1. The van der Waals surface area contributed by atoms with Crippen molar-refractivity contribution < 1.29 is 39.3 Å². The number of hydrogen-bond acceptors (Lipinski definition) is 6. The summed E-state index contributed by atoms with van der Waals surface area (Å²) in [5.74, 6) is -3.94. The van der Waals surface area contributed by atoms with Gasteiger partial charge in [-0.05, 0) is 37.0 Å². The van der Waals surface area contributed by atoms with Gasteiger partial charge in [0.05, 0.1) is 13.1 Å². The molecule has 1 amide bonds. The van der Waals surface area contributed by atoms with Gasteiger partial charge in [-0.1, -0.05) is 55.4 Å². The highest BCUT2D eigenvalue weighted by Crippen LogP contribution is 2.38. The van der Waals surface area contributed by atoms with Crippen LogP contribution in [-0.4, -0.2) is 75.5 Å². The van der Waals surface area contributed by atoms with Crippen molar-refractivity contribution in [2.45, 2.75) is 87.6 Å². The first-order valence-corrected chi connectivity index (χ1v) is 11.7. The zero-order valence-electron chi connectivity index (χ0n) is 22.7. The summed E-state index contributed by atoms with van der Waals surface area (Å²) in [6.45, 7) is 14.8. The fraction of sp³-hybridized carbons (Fsp3) is 0.800. The lowest BCUT2D eigenvalue weighted by Gasteiger charge is -2.41. The third-order valence-corrected chi connectivity index (χ3v) is 6.55. The van der Waals surface area contributed by atoms with Crippen molar-refractivity contribution in [3.8, 4) is 0 Å². The second-order valence-electron chi connectivity index (χ2n) is 12.3. The molecule has 0 aliphatic heterocycles. The molecule has 0 aromatic carbocycles. The van der Waals surface area contributed by atoms with E-state index in [-0.39, 0.29) is 18.7 Å². The van der Waals surface area contributed by atoms with Crippen LogP contribution in [0.2, 0.25) is 0 Å². The number of carboxylic acids is 3. The summed E-state index contributed by atoms with van der Waals surface area (Å²) in [6, 6.07) is -1.23. The highest BCUT2D eigenvalue weighted by atomic mass is 16.4. The number of hydrogen-bond donors (Lipinski definition) is 4. The second kappa shape index (κ2) is 12.0. The molecular weight excluding hydrogens is 456 g/mol. The van der Waals surface area contributed by atoms with Crippen LogP contribution in [0.1, 0.15) is 81.6 Å². The van der Waals surface area contributed by atoms with E-state index in [1.807, 2.05) is 13.8 Å². The molecule has 0 aliphatic carbocycles. The minimum absolute atomic E-state index is 0.0142. The SMILES string of the molecule is CC(=O)C(C)(C)CCC(C)(C)C(=O)N[C@@H](C(=O)O)C(C)(C)CC(C)(C)CN(CC(=O)O)CC(=O)O. The van der Waals surface area contributed by atoms with Crippen molar-refractivity contribution in [2.75, 3.05) is 19.6 Å². The number of nitrogens with zero attached hydrogens (tertiary/aromatic N) is 1. The standard InChI is InChI=1S/C25H44N2O8/c1-16(28)23(4,5)10-11-24(6,7)21(35)26-19(20(33)34)25(8,9)14-22(2,3)15-27(12-17(29)30)13-18(31)32/h19H,10-15H2,1-9H3,(H,26,35)(H,29,30)(H,31,32)(H,33,34)/t19-/m0/s1. The summed E-state index contributed by atoms with van der Waals surface area (Å²) >= 11 is 0. The monoisotopic (exact) mass is 500 g/mol. The Morgan fingerprint density at radius 3 is 1.57 bits per heavy atom. The van der Waals surface area contributed by atoms with Crippen molar-refractivity contribution in [1.82, 2.24) is 10.2 Å². The first-order valence-electron chi connectivity index (χ1n) is 11.7. The van der Waals surface area contributed by atoms with Gasteiger partial charge >= 0.3 is 17.9 Å². The van der Waals surface area contributed by atoms with Crippen molar-refractivity contribution >= 4 is 29.6 Å². The van der Waals surface area contributed by atoms with E-state index in [9.17, 15) is 29.1 Å². The molecule has 202 valence electrons. The molecule has 0 aliphatic rings. The van der Waals surface area contributed by atoms with Crippen LogP contribution in [0.4, 0.5) is 0 Å². The molecule has 0 unspecified atom stereocenters. The zero-order chi connectivity index (χ0) is 28.0. The number of carbonyl (C=O) groups is 5. The molecule has 0 radical (unpaired) electrons. The van der Waals surface area contributed by atoms with Crippen LogP contribution in [-0.2, 0) is 24.0 Å². The number of nitrogens with one attached hydrogen (secondary N) is 1. The molecule has 10 nitrogen and oxygen atoms in total. The van der Waals surface area contributed by atoms with E-state index in [1.165, 1.54) is 11.8 Å². The van der Waals surface area contributed by atoms with Gasteiger partial charge in [-0.15, -0.1) is 0 Å². The van der Waals surface area contributed by atoms with Gasteiger partial charge in [-0.3, -0.25) is 24.1 Å². The number of Topliss-reactive ketones (excluding diaryl/α,β-unsaturated/α-hetero) is 1. The van der Waals surface area contributed by atoms with E-state index in [0.717, 1.165) is 0 Å². The van der Waals surface area contributed by atoms with E-state index in [0.29, 0.717) is 12.8 Å². The van der Waals surface area contributed by atoms with E-state index in [2.05, 4.69) is 5.32 Å². The van der Waals surface area contributed by atoms with Gasteiger partial charge in [0, 0.05) is 17.4 Å². The number of aliphatic carboxylic acids is 3. The largest absolute Gasteiger partial charge is 0.480 e. The first kappa shape index (κ1) is 32.5. The Morgan fingerprint density at radius 1 is 0.771 bits per heavy atom.